The maximum Gasteiger partial charge on any atom is 0.143 e. The Kier molecular flexibility index (Phi) is 4.05. The van der Waals surface area contributed by atoms with Crippen molar-refractivity contribution in [2.24, 2.45) is 0 Å². The number of anilines is 1. The molecular weight excluding hydrogens is 253 g/mol. The standard InChI is InChI=1S/C14H13ClFNO/c1-18-12-5-2-10(3-6-12)9-17-11-4-7-13(15)14(16)8-11/h2-8,17H,9H2,1H3. The van der Waals surface area contributed by atoms with Gasteiger partial charge in [-0.05, 0) is 35.9 Å². The third-order valence-corrected chi connectivity index (χ3v) is 2.88. The summed E-state index contributed by atoms with van der Waals surface area (Å²) in [4.78, 5) is 0. The summed E-state index contributed by atoms with van der Waals surface area (Å²) in [5.74, 6) is 0.396. The minimum absolute atomic E-state index is 0.130. The van der Waals surface area contributed by atoms with E-state index < -0.39 is 5.82 Å². The van der Waals surface area contributed by atoms with E-state index in [4.69, 9.17) is 16.3 Å². The van der Waals surface area contributed by atoms with Crippen LogP contribution >= 0.6 is 11.6 Å². The number of hydrogen-bond acceptors (Lipinski definition) is 2. The number of benzene rings is 2. The number of ether oxygens (including phenoxy) is 1. The Hall–Kier alpha value is -1.74. The van der Waals surface area contributed by atoms with Crippen LogP contribution in [0.15, 0.2) is 42.5 Å². The van der Waals surface area contributed by atoms with Gasteiger partial charge < -0.3 is 10.1 Å². The predicted octanol–water partition coefficient (Wildman–Crippen LogP) is 4.10. The third kappa shape index (κ3) is 3.14. The number of nitrogens with one attached hydrogen (secondary N) is 1. The van der Waals surface area contributed by atoms with Crippen LogP contribution in [0.4, 0.5) is 10.1 Å². The van der Waals surface area contributed by atoms with Gasteiger partial charge in [0.25, 0.3) is 0 Å². The molecule has 0 heterocycles. The number of hydrogen-bond donors (Lipinski definition) is 1. The van der Waals surface area contributed by atoms with Crippen molar-refractivity contribution in [1.29, 1.82) is 0 Å². The first-order chi connectivity index (χ1) is 8.69. The van der Waals surface area contributed by atoms with E-state index >= 15 is 0 Å². The van der Waals surface area contributed by atoms with Crippen LogP contribution in [0.3, 0.4) is 0 Å². The first-order valence-corrected chi connectivity index (χ1v) is 5.88. The molecule has 0 unspecified atom stereocenters. The summed E-state index contributed by atoms with van der Waals surface area (Å²) in [6.45, 7) is 0.616. The Morgan fingerprint density at radius 2 is 1.89 bits per heavy atom. The molecule has 0 saturated heterocycles. The van der Waals surface area contributed by atoms with Gasteiger partial charge in [0.15, 0.2) is 0 Å². The van der Waals surface area contributed by atoms with Crippen molar-refractivity contribution >= 4 is 17.3 Å². The topological polar surface area (TPSA) is 21.3 Å². The molecular formula is C14H13ClFNO. The third-order valence-electron chi connectivity index (χ3n) is 2.58. The predicted molar refractivity (Wildman–Crippen MR) is 71.7 cm³/mol. The van der Waals surface area contributed by atoms with Crippen LogP contribution in [0.25, 0.3) is 0 Å². The van der Waals surface area contributed by atoms with Gasteiger partial charge >= 0.3 is 0 Å². The van der Waals surface area contributed by atoms with E-state index in [1.54, 1.807) is 13.2 Å². The first kappa shape index (κ1) is 12.7. The SMILES string of the molecule is COc1ccc(CNc2ccc(Cl)c(F)c2)cc1. The van der Waals surface area contributed by atoms with E-state index in [2.05, 4.69) is 5.32 Å². The molecule has 4 heteroatoms. The molecule has 0 saturated carbocycles. The van der Waals surface area contributed by atoms with E-state index in [0.29, 0.717) is 12.2 Å². The zero-order valence-electron chi connectivity index (χ0n) is 9.91. The molecule has 18 heavy (non-hydrogen) atoms. The van der Waals surface area contributed by atoms with Gasteiger partial charge in [0.1, 0.15) is 11.6 Å². The van der Waals surface area contributed by atoms with Crippen LogP contribution in [-0.4, -0.2) is 7.11 Å². The lowest BCUT2D eigenvalue weighted by Crippen LogP contribution is -1.99. The van der Waals surface area contributed by atoms with E-state index in [1.807, 2.05) is 24.3 Å². The van der Waals surface area contributed by atoms with Gasteiger partial charge in [-0.1, -0.05) is 23.7 Å². The van der Waals surface area contributed by atoms with Crippen molar-refractivity contribution in [2.45, 2.75) is 6.54 Å². The van der Waals surface area contributed by atoms with E-state index in [1.165, 1.54) is 12.1 Å². The Morgan fingerprint density at radius 3 is 2.50 bits per heavy atom. The maximum absolute atomic E-state index is 13.2. The number of halogens is 2. The Bertz CT molecular complexity index is 528. The summed E-state index contributed by atoms with van der Waals surface area (Å²) < 4.78 is 18.3. The van der Waals surface area contributed by atoms with Gasteiger partial charge in [0.05, 0.1) is 12.1 Å². The van der Waals surface area contributed by atoms with Crippen LogP contribution in [0.2, 0.25) is 5.02 Å². The highest BCUT2D eigenvalue weighted by molar-refractivity contribution is 6.30. The minimum Gasteiger partial charge on any atom is -0.497 e. The maximum atomic E-state index is 13.2. The fourth-order valence-electron chi connectivity index (χ4n) is 1.55. The Balaban J connectivity index is 1.99. The molecule has 2 rings (SSSR count). The highest BCUT2D eigenvalue weighted by Crippen LogP contribution is 2.19. The lowest BCUT2D eigenvalue weighted by atomic mass is 10.2. The summed E-state index contributed by atoms with van der Waals surface area (Å²) in [5, 5.41) is 3.26. The van der Waals surface area contributed by atoms with Crippen molar-refractivity contribution in [3.05, 3.63) is 58.9 Å². The zero-order valence-corrected chi connectivity index (χ0v) is 10.7. The van der Waals surface area contributed by atoms with E-state index in [0.717, 1.165) is 11.3 Å². The van der Waals surface area contributed by atoms with Gasteiger partial charge in [-0.25, -0.2) is 4.39 Å². The number of methoxy groups -OCH3 is 1. The van der Waals surface area contributed by atoms with Gasteiger partial charge in [0.2, 0.25) is 0 Å². The van der Waals surface area contributed by atoms with Gasteiger partial charge in [0, 0.05) is 12.2 Å². The van der Waals surface area contributed by atoms with Crippen molar-refractivity contribution < 1.29 is 9.13 Å². The Morgan fingerprint density at radius 1 is 1.17 bits per heavy atom. The summed E-state index contributed by atoms with van der Waals surface area (Å²) in [5.41, 5.74) is 1.79. The molecule has 0 aliphatic carbocycles. The molecule has 0 amide bonds. The molecule has 2 nitrogen and oxygen atoms in total. The monoisotopic (exact) mass is 265 g/mol. The molecule has 0 aromatic heterocycles. The number of rotatable bonds is 4. The average Bonchev–Trinajstić information content (AvgIpc) is 2.41. The van der Waals surface area contributed by atoms with Crippen molar-refractivity contribution in [3.8, 4) is 5.75 Å². The zero-order chi connectivity index (χ0) is 13.0. The average molecular weight is 266 g/mol. The molecule has 0 atom stereocenters. The lowest BCUT2D eigenvalue weighted by molar-refractivity contribution is 0.414. The smallest absolute Gasteiger partial charge is 0.143 e. The highest BCUT2D eigenvalue weighted by Gasteiger charge is 2.01. The van der Waals surface area contributed by atoms with Crippen LogP contribution in [0, 0.1) is 5.82 Å². The van der Waals surface area contributed by atoms with Gasteiger partial charge in [-0.3, -0.25) is 0 Å². The molecule has 94 valence electrons. The van der Waals surface area contributed by atoms with Crippen LogP contribution in [0.1, 0.15) is 5.56 Å². The van der Waals surface area contributed by atoms with Gasteiger partial charge in [-0.15, -0.1) is 0 Å². The summed E-state index contributed by atoms with van der Waals surface area (Å²) in [6, 6.07) is 12.4. The van der Waals surface area contributed by atoms with Crippen LogP contribution in [0.5, 0.6) is 5.75 Å². The fraction of sp³-hybridized carbons (Fsp3) is 0.143. The van der Waals surface area contributed by atoms with E-state index in [9.17, 15) is 4.39 Å². The second-order valence-corrected chi connectivity index (χ2v) is 4.24. The first-order valence-electron chi connectivity index (χ1n) is 5.51. The van der Waals surface area contributed by atoms with Crippen LogP contribution in [-0.2, 0) is 6.54 Å². The minimum atomic E-state index is -0.420. The molecule has 0 aliphatic rings. The fourth-order valence-corrected chi connectivity index (χ4v) is 1.67. The summed E-state index contributed by atoms with van der Waals surface area (Å²) >= 11 is 5.61. The second-order valence-electron chi connectivity index (χ2n) is 3.83. The molecule has 2 aromatic carbocycles. The quantitative estimate of drug-likeness (QED) is 0.899. The van der Waals surface area contributed by atoms with E-state index in [-0.39, 0.29) is 5.02 Å². The second kappa shape index (κ2) is 5.74. The molecule has 0 radical (unpaired) electrons. The van der Waals surface area contributed by atoms with Crippen LogP contribution < -0.4 is 10.1 Å². The van der Waals surface area contributed by atoms with Gasteiger partial charge in [-0.2, -0.15) is 0 Å². The molecule has 0 bridgehead atoms. The summed E-state index contributed by atoms with van der Waals surface area (Å²) in [7, 11) is 1.63. The lowest BCUT2D eigenvalue weighted by Gasteiger charge is -2.08. The normalized spacial score (nSPS) is 10.2. The largest absolute Gasteiger partial charge is 0.497 e. The summed E-state index contributed by atoms with van der Waals surface area (Å²) in [6.07, 6.45) is 0. The molecule has 0 spiro atoms. The Labute approximate surface area is 110 Å². The highest BCUT2D eigenvalue weighted by atomic mass is 35.5. The molecule has 0 aliphatic heterocycles. The molecule has 1 N–H and O–H groups in total. The van der Waals surface area contributed by atoms with Crippen molar-refractivity contribution in [3.63, 3.8) is 0 Å². The molecule has 2 aromatic rings. The molecule has 0 fully saturated rings. The van der Waals surface area contributed by atoms with Crippen molar-refractivity contribution in [2.75, 3.05) is 12.4 Å². The van der Waals surface area contributed by atoms with Crippen molar-refractivity contribution in [1.82, 2.24) is 0 Å².